The Morgan fingerprint density at radius 1 is 1.15 bits per heavy atom. The van der Waals surface area contributed by atoms with Crippen LogP contribution >= 0.6 is 0 Å². The first-order chi connectivity index (χ1) is 12.9. The van der Waals surface area contributed by atoms with Gasteiger partial charge in [-0.2, -0.15) is 4.39 Å². The van der Waals surface area contributed by atoms with Crippen molar-refractivity contribution in [3.05, 3.63) is 59.2 Å². The largest absolute Gasteiger partial charge is 0.393 e. The van der Waals surface area contributed by atoms with E-state index in [1.807, 2.05) is 6.07 Å². The Hall–Kier alpha value is -1.74. The van der Waals surface area contributed by atoms with Gasteiger partial charge in [0.25, 0.3) is 0 Å². The van der Waals surface area contributed by atoms with Gasteiger partial charge >= 0.3 is 0 Å². The van der Waals surface area contributed by atoms with Crippen molar-refractivity contribution >= 4 is 5.57 Å². The minimum absolute atomic E-state index is 0.0383. The lowest BCUT2D eigenvalue weighted by molar-refractivity contribution is 0.0369. The maximum absolute atomic E-state index is 13.3. The van der Waals surface area contributed by atoms with Crippen LogP contribution in [0.2, 0.25) is 0 Å². The van der Waals surface area contributed by atoms with Crippen LogP contribution in [0.5, 0.6) is 0 Å². The molecule has 0 bridgehead atoms. The zero-order valence-corrected chi connectivity index (χ0v) is 16.2. The minimum Gasteiger partial charge on any atom is -0.393 e. The molecule has 2 nitrogen and oxygen atoms in total. The molecular weight excluding hydrogens is 337 g/mol. The fourth-order valence-electron chi connectivity index (χ4n) is 6.60. The molecule has 0 amide bonds. The summed E-state index contributed by atoms with van der Waals surface area (Å²) in [7, 11) is 0. The molecule has 0 spiro atoms. The van der Waals surface area contributed by atoms with Gasteiger partial charge in [0, 0.05) is 11.6 Å². The van der Waals surface area contributed by atoms with Crippen molar-refractivity contribution in [2.45, 2.75) is 58.5 Å². The van der Waals surface area contributed by atoms with Gasteiger partial charge in [0.2, 0.25) is 5.95 Å². The van der Waals surface area contributed by atoms with E-state index in [4.69, 9.17) is 0 Å². The number of hydrogen-bond donors (Lipinski definition) is 1. The highest BCUT2D eigenvalue weighted by Gasteiger charge is 2.54. The van der Waals surface area contributed by atoms with E-state index in [1.165, 1.54) is 23.6 Å². The molecule has 27 heavy (non-hydrogen) atoms. The quantitative estimate of drug-likeness (QED) is 0.530. The molecule has 4 aliphatic carbocycles. The molecule has 4 aliphatic rings. The van der Waals surface area contributed by atoms with E-state index >= 15 is 0 Å². The third-order valence-electron chi connectivity index (χ3n) is 8.16. The van der Waals surface area contributed by atoms with E-state index in [0.29, 0.717) is 11.8 Å². The average Bonchev–Trinajstić information content (AvgIpc) is 3.00. The molecule has 1 N–H and O–H groups in total. The van der Waals surface area contributed by atoms with Gasteiger partial charge < -0.3 is 5.11 Å². The smallest absolute Gasteiger partial charge is 0.212 e. The van der Waals surface area contributed by atoms with Crippen molar-refractivity contribution in [1.29, 1.82) is 0 Å². The van der Waals surface area contributed by atoms with Crippen molar-refractivity contribution in [2.24, 2.45) is 22.7 Å². The lowest BCUT2D eigenvalue weighted by Gasteiger charge is -2.56. The number of nitrogens with zero attached hydrogens (tertiary/aromatic N) is 1. The summed E-state index contributed by atoms with van der Waals surface area (Å²) in [5.74, 6) is 0.829. The Morgan fingerprint density at radius 2 is 2.00 bits per heavy atom. The average molecular weight is 365 g/mol. The van der Waals surface area contributed by atoms with Crippen molar-refractivity contribution in [2.75, 3.05) is 0 Å². The number of pyridine rings is 1. The summed E-state index contributed by atoms with van der Waals surface area (Å²) in [6.45, 7) is 4.81. The van der Waals surface area contributed by atoms with E-state index in [-0.39, 0.29) is 16.9 Å². The van der Waals surface area contributed by atoms with Crippen LogP contribution in [0, 0.1) is 28.6 Å². The molecule has 0 radical (unpaired) electrons. The number of aliphatic hydroxyl groups excluding tert-OH is 1. The van der Waals surface area contributed by atoms with Crippen LogP contribution in [0.1, 0.15) is 57.9 Å². The number of rotatable bonds is 1. The van der Waals surface area contributed by atoms with Gasteiger partial charge in [-0.05, 0) is 79.0 Å². The van der Waals surface area contributed by atoms with E-state index in [9.17, 15) is 9.50 Å². The second-order valence-electron chi connectivity index (χ2n) is 9.43. The van der Waals surface area contributed by atoms with Gasteiger partial charge in [0.05, 0.1) is 6.10 Å². The molecule has 142 valence electrons. The Bertz CT molecular complexity index is 867. The minimum atomic E-state index is -0.420. The van der Waals surface area contributed by atoms with Gasteiger partial charge in [0.15, 0.2) is 0 Å². The van der Waals surface area contributed by atoms with Gasteiger partial charge in [-0.1, -0.05) is 43.2 Å². The van der Waals surface area contributed by atoms with Crippen LogP contribution in [0.4, 0.5) is 4.39 Å². The summed E-state index contributed by atoms with van der Waals surface area (Å²) in [6.07, 6.45) is 14.9. The third kappa shape index (κ3) is 2.44. The van der Waals surface area contributed by atoms with E-state index in [2.05, 4.69) is 37.1 Å². The van der Waals surface area contributed by atoms with Gasteiger partial charge in [-0.3, -0.25) is 0 Å². The monoisotopic (exact) mass is 365 g/mol. The summed E-state index contributed by atoms with van der Waals surface area (Å²) in [6, 6.07) is 3.33. The number of aliphatic hydroxyl groups is 1. The molecule has 5 atom stereocenters. The fourth-order valence-corrected chi connectivity index (χ4v) is 6.60. The number of hydrogen-bond acceptors (Lipinski definition) is 2. The molecule has 5 rings (SSSR count). The molecule has 2 saturated carbocycles. The van der Waals surface area contributed by atoms with Crippen LogP contribution in [-0.2, 0) is 0 Å². The van der Waals surface area contributed by atoms with E-state index < -0.39 is 5.95 Å². The summed E-state index contributed by atoms with van der Waals surface area (Å²) in [4.78, 5) is 3.88. The predicted molar refractivity (Wildman–Crippen MR) is 105 cm³/mol. The SMILES string of the molecule is C[C@]12CC[C@H]3[C@@H](CC=C4C[C@@H](O)CC[C@@]43C)C1=CC=C2c1ccc(F)nc1. The molecule has 0 saturated heterocycles. The molecule has 2 fully saturated rings. The van der Waals surface area contributed by atoms with Crippen molar-refractivity contribution in [3.8, 4) is 0 Å². The molecule has 0 unspecified atom stereocenters. The molecule has 0 aliphatic heterocycles. The highest BCUT2D eigenvalue weighted by atomic mass is 19.1. The second-order valence-corrected chi connectivity index (χ2v) is 9.43. The Morgan fingerprint density at radius 3 is 2.78 bits per heavy atom. The van der Waals surface area contributed by atoms with Crippen LogP contribution in [0.3, 0.4) is 0 Å². The first-order valence-electron chi connectivity index (χ1n) is 10.3. The second kappa shape index (κ2) is 5.88. The molecule has 1 heterocycles. The lowest BCUT2D eigenvalue weighted by Crippen LogP contribution is -2.47. The highest BCUT2D eigenvalue weighted by molar-refractivity contribution is 5.78. The summed E-state index contributed by atoms with van der Waals surface area (Å²) < 4.78 is 13.3. The molecular formula is C24H28FNO. The van der Waals surface area contributed by atoms with Crippen molar-refractivity contribution in [1.82, 2.24) is 4.98 Å². The van der Waals surface area contributed by atoms with Crippen molar-refractivity contribution in [3.63, 3.8) is 0 Å². The summed E-state index contributed by atoms with van der Waals surface area (Å²) in [5, 5.41) is 10.1. The van der Waals surface area contributed by atoms with E-state index in [1.54, 1.807) is 11.8 Å². The predicted octanol–water partition coefficient (Wildman–Crippen LogP) is 5.46. The molecule has 0 aromatic carbocycles. The van der Waals surface area contributed by atoms with Crippen LogP contribution in [0.25, 0.3) is 5.57 Å². The zero-order valence-electron chi connectivity index (χ0n) is 16.2. The number of halogens is 1. The van der Waals surface area contributed by atoms with E-state index in [0.717, 1.165) is 37.7 Å². The molecule has 3 heteroatoms. The first kappa shape index (κ1) is 17.4. The Balaban J connectivity index is 1.48. The Labute approximate surface area is 160 Å². The number of aromatic nitrogens is 1. The topological polar surface area (TPSA) is 33.1 Å². The van der Waals surface area contributed by atoms with Crippen LogP contribution in [0.15, 0.2) is 47.7 Å². The summed E-state index contributed by atoms with van der Waals surface area (Å²) in [5.41, 5.74) is 5.67. The van der Waals surface area contributed by atoms with Crippen LogP contribution < -0.4 is 0 Å². The van der Waals surface area contributed by atoms with Crippen LogP contribution in [-0.4, -0.2) is 16.2 Å². The lowest BCUT2D eigenvalue weighted by atomic mass is 9.49. The fraction of sp³-hybridized carbons (Fsp3) is 0.542. The maximum atomic E-state index is 13.3. The highest BCUT2D eigenvalue weighted by Crippen LogP contribution is 2.64. The van der Waals surface area contributed by atoms with Gasteiger partial charge in [-0.25, -0.2) is 4.98 Å². The zero-order chi connectivity index (χ0) is 18.8. The number of allylic oxidation sites excluding steroid dienone is 5. The van der Waals surface area contributed by atoms with Crippen molar-refractivity contribution < 1.29 is 9.50 Å². The Kier molecular flexibility index (Phi) is 3.78. The summed E-state index contributed by atoms with van der Waals surface area (Å²) >= 11 is 0. The maximum Gasteiger partial charge on any atom is 0.212 e. The molecule has 1 aromatic heterocycles. The standard InChI is InChI=1S/C24H28FNO/c1-23-11-9-17(27)13-16(23)4-5-18-20-7-6-19(15-3-8-22(25)26-14-15)24(20,2)12-10-21(18)23/h3-4,6-8,14,17-18,21,27H,5,9-13H2,1-2H3/t17-,18-,21-,23-,24+/m0/s1. The third-order valence-corrected chi connectivity index (χ3v) is 8.16. The van der Waals surface area contributed by atoms with Gasteiger partial charge in [-0.15, -0.1) is 0 Å². The normalized spacial score (nSPS) is 40.3. The number of fused-ring (bicyclic) bond motifs is 5. The molecule has 1 aromatic rings. The first-order valence-corrected chi connectivity index (χ1v) is 10.3. The van der Waals surface area contributed by atoms with Gasteiger partial charge in [0.1, 0.15) is 0 Å².